The summed E-state index contributed by atoms with van der Waals surface area (Å²) in [4.78, 5) is 14.3. The molecule has 4 heteroatoms. The van der Waals surface area contributed by atoms with Gasteiger partial charge in [-0.2, -0.15) is 11.8 Å². The van der Waals surface area contributed by atoms with Crippen molar-refractivity contribution in [3.8, 4) is 0 Å². The van der Waals surface area contributed by atoms with Crippen LogP contribution in [0.1, 0.15) is 43.0 Å². The van der Waals surface area contributed by atoms with Crippen LogP contribution in [-0.2, 0) is 6.42 Å². The van der Waals surface area contributed by atoms with Crippen LogP contribution < -0.4 is 10.9 Å². The third kappa shape index (κ3) is 3.62. The fourth-order valence-corrected chi connectivity index (χ4v) is 3.05. The average Bonchev–Trinajstić information content (AvgIpc) is 2.38. The molecule has 1 atom stereocenters. The summed E-state index contributed by atoms with van der Waals surface area (Å²) in [5.41, 5.74) is 2.45. The Morgan fingerprint density at radius 3 is 3.17 bits per heavy atom. The van der Waals surface area contributed by atoms with E-state index in [1.165, 1.54) is 30.6 Å². The summed E-state index contributed by atoms with van der Waals surface area (Å²) in [6.45, 7) is 1.07. The number of nitrogens with one attached hydrogen (secondary N) is 2. The molecule has 1 aromatic rings. The lowest BCUT2D eigenvalue weighted by Crippen LogP contribution is -2.28. The van der Waals surface area contributed by atoms with E-state index in [0.29, 0.717) is 6.04 Å². The molecule has 0 aromatic carbocycles. The smallest absolute Gasteiger partial charge is 0.248 e. The predicted molar refractivity (Wildman–Crippen MR) is 78.4 cm³/mol. The second kappa shape index (κ2) is 7.00. The number of H-pyrrole nitrogens is 1. The first-order valence-corrected chi connectivity index (χ1v) is 8.15. The molecule has 100 valence electrons. The fourth-order valence-electron chi connectivity index (χ4n) is 2.56. The molecule has 1 heterocycles. The zero-order valence-corrected chi connectivity index (χ0v) is 11.8. The van der Waals surface area contributed by atoms with Crippen molar-refractivity contribution in [2.75, 3.05) is 18.6 Å². The molecule has 1 unspecified atom stereocenters. The number of pyridine rings is 1. The van der Waals surface area contributed by atoms with Crippen LogP contribution in [-0.4, -0.2) is 23.5 Å². The maximum atomic E-state index is 11.3. The number of aromatic nitrogens is 1. The zero-order valence-electron chi connectivity index (χ0n) is 11.0. The lowest BCUT2D eigenvalue weighted by molar-refractivity contribution is 0.450. The number of aromatic amines is 1. The van der Waals surface area contributed by atoms with Crippen molar-refractivity contribution in [1.29, 1.82) is 0 Å². The highest BCUT2D eigenvalue weighted by Gasteiger charge is 2.19. The Morgan fingerprint density at radius 1 is 1.44 bits per heavy atom. The first kappa shape index (κ1) is 13.7. The lowest BCUT2D eigenvalue weighted by Gasteiger charge is -2.26. The van der Waals surface area contributed by atoms with Crippen LogP contribution in [0, 0.1) is 0 Å². The standard InChI is InChI=1S/C14H22N2OS/c1-18-10-3-2-9-15-12-5-4-6-13-11(12)7-8-14(17)16-13/h7-8,12,15H,2-6,9-10H2,1H3,(H,16,17). The number of unbranched alkanes of at least 4 members (excludes halogenated alkanes) is 1. The van der Waals surface area contributed by atoms with E-state index in [1.54, 1.807) is 6.07 Å². The maximum Gasteiger partial charge on any atom is 0.248 e. The molecular formula is C14H22N2OS. The largest absolute Gasteiger partial charge is 0.326 e. The third-order valence-electron chi connectivity index (χ3n) is 3.50. The van der Waals surface area contributed by atoms with Gasteiger partial charge in [-0.25, -0.2) is 0 Å². The van der Waals surface area contributed by atoms with Crippen LogP contribution in [0.5, 0.6) is 0 Å². The second-order valence-electron chi connectivity index (χ2n) is 4.86. The van der Waals surface area contributed by atoms with Crippen LogP contribution in [0.4, 0.5) is 0 Å². The highest BCUT2D eigenvalue weighted by Crippen LogP contribution is 2.27. The number of rotatable bonds is 6. The van der Waals surface area contributed by atoms with Crippen molar-refractivity contribution >= 4 is 11.8 Å². The molecule has 0 amide bonds. The molecule has 3 nitrogen and oxygen atoms in total. The van der Waals surface area contributed by atoms with Crippen molar-refractivity contribution in [3.05, 3.63) is 33.7 Å². The molecular weight excluding hydrogens is 244 g/mol. The molecule has 18 heavy (non-hydrogen) atoms. The summed E-state index contributed by atoms with van der Waals surface area (Å²) in [6, 6.07) is 4.07. The highest BCUT2D eigenvalue weighted by atomic mass is 32.2. The highest BCUT2D eigenvalue weighted by molar-refractivity contribution is 7.98. The van der Waals surface area contributed by atoms with Gasteiger partial charge in [-0.1, -0.05) is 6.07 Å². The number of aryl methyl sites for hydroxylation is 1. The van der Waals surface area contributed by atoms with Gasteiger partial charge in [-0.3, -0.25) is 4.79 Å². The number of hydrogen-bond acceptors (Lipinski definition) is 3. The van der Waals surface area contributed by atoms with E-state index in [1.807, 2.05) is 17.8 Å². The summed E-state index contributed by atoms with van der Waals surface area (Å²) in [7, 11) is 0. The van der Waals surface area contributed by atoms with Gasteiger partial charge in [0.2, 0.25) is 5.56 Å². The van der Waals surface area contributed by atoms with Gasteiger partial charge in [-0.05, 0) is 56.2 Å². The summed E-state index contributed by atoms with van der Waals surface area (Å²) >= 11 is 1.91. The topological polar surface area (TPSA) is 44.9 Å². The summed E-state index contributed by atoms with van der Waals surface area (Å²) in [6.07, 6.45) is 8.02. The zero-order chi connectivity index (χ0) is 12.8. The Hall–Kier alpha value is -0.740. The third-order valence-corrected chi connectivity index (χ3v) is 4.19. The van der Waals surface area contributed by atoms with Crippen molar-refractivity contribution in [3.63, 3.8) is 0 Å². The van der Waals surface area contributed by atoms with Crippen LogP contribution >= 0.6 is 11.8 Å². The first-order chi connectivity index (χ1) is 8.81. The van der Waals surface area contributed by atoms with Crippen LogP contribution in [0.15, 0.2) is 16.9 Å². The predicted octanol–water partition coefficient (Wildman–Crippen LogP) is 2.49. The van der Waals surface area contributed by atoms with Gasteiger partial charge in [0.1, 0.15) is 0 Å². The van der Waals surface area contributed by atoms with Crippen LogP contribution in [0.2, 0.25) is 0 Å². The minimum Gasteiger partial charge on any atom is -0.326 e. The van der Waals surface area contributed by atoms with Crippen LogP contribution in [0.3, 0.4) is 0 Å². The summed E-state index contributed by atoms with van der Waals surface area (Å²) < 4.78 is 0. The van der Waals surface area contributed by atoms with E-state index in [0.717, 1.165) is 25.1 Å². The monoisotopic (exact) mass is 266 g/mol. The number of thioether (sulfide) groups is 1. The van der Waals surface area contributed by atoms with E-state index in [2.05, 4.69) is 16.6 Å². The normalized spacial score (nSPS) is 18.6. The van der Waals surface area contributed by atoms with Crippen LogP contribution in [0.25, 0.3) is 0 Å². The van der Waals surface area contributed by atoms with E-state index in [-0.39, 0.29) is 5.56 Å². The molecule has 0 aliphatic heterocycles. The molecule has 0 saturated carbocycles. The van der Waals surface area contributed by atoms with Gasteiger partial charge in [0.25, 0.3) is 0 Å². The SMILES string of the molecule is CSCCCCNC1CCCc2[nH]c(=O)ccc21. The fraction of sp³-hybridized carbons (Fsp3) is 0.643. The maximum absolute atomic E-state index is 11.3. The van der Waals surface area contributed by atoms with E-state index in [4.69, 9.17) is 0 Å². The molecule has 0 radical (unpaired) electrons. The average molecular weight is 266 g/mol. The summed E-state index contributed by atoms with van der Waals surface area (Å²) in [5.74, 6) is 1.25. The molecule has 1 aliphatic rings. The second-order valence-corrected chi connectivity index (χ2v) is 5.84. The van der Waals surface area contributed by atoms with Crippen molar-refractivity contribution in [1.82, 2.24) is 10.3 Å². The van der Waals surface area contributed by atoms with Gasteiger partial charge >= 0.3 is 0 Å². The van der Waals surface area contributed by atoms with Gasteiger partial charge in [0.05, 0.1) is 0 Å². The summed E-state index contributed by atoms with van der Waals surface area (Å²) in [5, 5.41) is 3.62. The van der Waals surface area contributed by atoms with Crippen molar-refractivity contribution in [2.24, 2.45) is 0 Å². The Labute approximate surface area is 113 Å². The Bertz CT molecular complexity index is 430. The molecule has 1 aliphatic carbocycles. The minimum absolute atomic E-state index is 0.0226. The van der Waals surface area contributed by atoms with E-state index >= 15 is 0 Å². The first-order valence-electron chi connectivity index (χ1n) is 6.75. The lowest BCUT2D eigenvalue weighted by atomic mass is 9.91. The quantitative estimate of drug-likeness (QED) is 0.778. The van der Waals surface area contributed by atoms with E-state index < -0.39 is 0 Å². The van der Waals surface area contributed by atoms with Gasteiger partial charge in [0.15, 0.2) is 0 Å². The van der Waals surface area contributed by atoms with Gasteiger partial charge in [0, 0.05) is 17.8 Å². The van der Waals surface area contributed by atoms with Gasteiger partial charge < -0.3 is 10.3 Å². The van der Waals surface area contributed by atoms with Crippen molar-refractivity contribution < 1.29 is 0 Å². The number of fused-ring (bicyclic) bond motifs is 1. The molecule has 0 spiro atoms. The molecule has 0 saturated heterocycles. The Balaban J connectivity index is 1.89. The number of hydrogen-bond donors (Lipinski definition) is 2. The molecule has 0 fully saturated rings. The van der Waals surface area contributed by atoms with Gasteiger partial charge in [-0.15, -0.1) is 0 Å². The van der Waals surface area contributed by atoms with Crippen molar-refractivity contribution in [2.45, 2.75) is 38.1 Å². The Morgan fingerprint density at radius 2 is 2.33 bits per heavy atom. The molecule has 0 bridgehead atoms. The van der Waals surface area contributed by atoms with E-state index in [9.17, 15) is 4.79 Å². The molecule has 2 rings (SSSR count). The Kier molecular flexibility index (Phi) is 5.32. The molecule has 1 aromatic heterocycles. The minimum atomic E-state index is 0.0226. The molecule has 2 N–H and O–H groups in total.